The standard InChI is InChI=1S/C20H29N3O3/c1-15-12-16(2)14-23(13-15)20(25)19(24)22-10-8-21(9-11-22)17-6-4-5-7-18(17)26-3/h4-7,15-16H,8-14H2,1-3H3. The van der Waals surface area contributed by atoms with Gasteiger partial charge in [0.2, 0.25) is 0 Å². The second-order valence-corrected chi connectivity index (χ2v) is 7.61. The van der Waals surface area contributed by atoms with Crippen molar-refractivity contribution >= 4 is 17.5 Å². The van der Waals surface area contributed by atoms with Crippen LogP contribution in [0.2, 0.25) is 0 Å². The number of methoxy groups -OCH3 is 1. The number of hydrogen-bond donors (Lipinski definition) is 0. The highest BCUT2D eigenvalue weighted by molar-refractivity contribution is 6.35. The molecule has 2 heterocycles. The molecule has 2 amide bonds. The van der Waals surface area contributed by atoms with E-state index >= 15 is 0 Å². The predicted octanol–water partition coefficient (Wildman–Crippen LogP) is 1.85. The number of benzene rings is 1. The van der Waals surface area contributed by atoms with Crippen molar-refractivity contribution in [3.8, 4) is 5.75 Å². The number of rotatable bonds is 2. The van der Waals surface area contributed by atoms with Crippen LogP contribution in [0.5, 0.6) is 5.75 Å². The molecule has 0 N–H and O–H groups in total. The van der Waals surface area contributed by atoms with Crippen molar-refractivity contribution in [2.75, 3.05) is 51.3 Å². The molecule has 2 saturated heterocycles. The summed E-state index contributed by atoms with van der Waals surface area (Å²) >= 11 is 0. The first kappa shape index (κ1) is 18.5. The maximum Gasteiger partial charge on any atom is 0.312 e. The Morgan fingerprint density at radius 3 is 2.12 bits per heavy atom. The van der Waals surface area contributed by atoms with Gasteiger partial charge in [0.05, 0.1) is 12.8 Å². The Hall–Kier alpha value is -2.24. The molecule has 2 unspecified atom stereocenters. The summed E-state index contributed by atoms with van der Waals surface area (Å²) in [6, 6.07) is 7.89. The van der Waals surface area contributed by atoms with Gasteiger partial charge in [-0.3, -0.25) is 9.59 Å². The van der Waals surface area contributed by atoms with Gasteiger partial charge in [0.25, 0.3) is 0 Å². The molecule has 0 aliphatic carbocycles. The van der Waals surface area contributed by atoms with Gasteiger partial charge in [-0.25, -0.2) is 0 Å². The van der Waals surface area contributed by atoms with E-state index in [2.05, 4.69) is 18.7 Å². The average Bonchev–Trinajstić information content (AvgIpc) is 2.66. The van der Waals surface area contributed by atoms with Crippen molar-refractivity contribution in [3.63, 3.8) is 0 Å². The molecule has 2 aliphatic rings. The molecule has 6 heteroatoms. The fourth-order valence-corrected chi connectivity index (χ4v) is 4.14. The van der Waals surface area contributed by atoms with Crippen LogP contribution in [0.15, 0.2) is 24.3 Å². The Morgan fingerprint density at radius 2 is 1.50 bits per heavy atom. The van der Waals surface area contributed by atoms with E-state index < -0.39 is 0 Å². The third kappa shape index (κ3) is 3.94. The van der Waals surface area contributed by atoms with E-state index in [4.69, 9.17) is 4.74 Å². The summed E-state index contributed by atoms with van der Waals surface area (Å²) in [5.41, 5.74) is 1.03. The van der Waals surface area contributed by atoms with Crippen LogP contribution in [-0.2, 0) is 9.59 Å². The van der Waals surface area contributed by atoms with Crippen LogP contribution < -0.4 is 9.64 Å². The molecule has 142 valence electrons. The van der Waals surface area contributed by atoms with Crippen LogP contribution in [0.4, 0.5) is 5.69 Å². The molecule has 0 aromatic heterocycles. The molecular weight excluding hydrogens is 330 g/mol. The zero-order valence-electron chi connectivity index (χ0n) is 16.0. The maximum absolute atomic E-state index is 12.7. The number of anilines is 1. The molecule has 0 spiro atoms. The molecule has 0 saturated carbocycles. The smallest absolute Gasteiger partial charge is 0.312 e. The molecular formula is C20H29N3O3. The number of hydrogen-bond acceptors (Lipinski definition) is 4. The number of likely N-dealkylation sites (tertiary alicyclic amines) is 1. The lowest BCUT2D eigenvalue weighted by Gasteiger charge is -2.38. The van der Waals surface area contributed by atoms with E-state index in [1.807, 2.05) is 24.3 Å². The lowest BCUT2D eigenvalue weighted by atomic mass is 9.92. The van der Waals surface area contributed by atoms with Gasteiger partial charge in [-0.05, 0) is 30.4 Å². The van der Waals surface area contributed by atoms with E-state index in [0.717, 1.165) is 17.9 Å². The van der Waals surface area contributed by atoms with E-state index in [1.165, 1.54) is 0 Å². The van der Waals surface area contributed by atoms with E-state index in [0.29, 0.717) is 51.1 Å². The van der Waals surface area contributed by atoms with Gasteiger partial charge in [0, 0.05) is 39.3 Å². The van der Waals surface area contributed by atoms with Gasteiger partial charge in [-0.2, -0.15) is 0 Å². The minimum Gasteiger partial charge on any atom is -0.495 e. The summed E-state index contributed by atoms with van der Waals surface area (Å²) < 4.78 is 5.43. The molecule has 0 bridgehead atoms. The van der Waals surface area contributed by atoms with Gasteiger partial charge in [0.15, 0.2) is 0 Å². The molecule has 1 aromatic carbocycles. The first-order chi connectivity index (χ1) is 12.5. The van der Waals surface area contributed by atoms with Crippen molar-refractivity contribution in [3.05, 3.63) is 24.3 Å². The Morgan fingerprint density at radius 1 is 0.923 bits per heavy atom. The normalized spacial score (nSPS) is 23.7. The summed E-state index contributed by atoms with van der Waals surface area (Å²) in [7, 11) is 1.66. The first-order valence-corrected chi connectivity index (χ1v) is 9.45. The van der Waals surface area contributed by atoms with Gasteiger partial charge in [-0.15, -0.1) is 0 Å². The highest BCUT2D eigenvalue weighted by atomic mass is 16.5. The Bertz CT molecular complexity index is 645. The summed E-state index contributed by atoms with van der Waals surface area (Å²) in [6.45, 7) is 8.19. The van der Waals surface area contributed by atoms with Gasteiger partial charge in [0.1, 0.15) is 5.75 Å². The zero-order chi connectivity index (χ0) is 18.7. The first-order valence-electron chi connectivity index (χ1n) is 9.45. The Kier molecular flexibility index (Phi) is 5.69. The van der Waals surface area contributed by atoms with Gasteiger partial charge < -0.3 is 19.4 Å². The van der Waals surface area contributed by atoms with Crippen LogP contribution in [0, 0.1) is 11.8 Å². The molecule has 1 aromatic rings. The van der Waals surface area contributed by atoms with Crippen LogP contribution >= 0.6 is 0 Å². The fourth-order valence-electron chi connectivity index (χ4n) is 4.14. The molecule has 6 nitrogen and oxygen atoms in total. The van der Waals surface area contributed by atoms with Crippen molar-refractivity contribution in [2.24, 2.45) is 11.8 Å². The number of amides is 2. The topological polar surface area (TPSA) is 53.1 Å². The van der Waals surface area contributed by atoms with Crippen LogP contribution in [0.3, 0.4) is 0 Å². The number of carbonyl (C=O) groups excluding carboxylic acids is 2. The second-order valence-electron chi connectivity index (χ2n) is 7.61. The van der Waals surface area contributed by atoms with Gasteiger partial charge in [-0.1, -0.05) is 26.0 Å². The molecule has 2 atom stereocenters. The van der Waals surface area contributed by atoms with Crippen LogP contribution in [0.25, 0.3) is 0 Å². The summed E-state index contributed by atoms with van der Waals surface area (Å²) in [4.78, 5) is 31.0. The van der Waals surface area contributed by atoms with Crippen molar-refractivity contribution in [1.82, 2.24) is 9.80 Å². The molecule has 26 heavy (non-hydrogen) atoms. The van der Waals surface area contributed by atoms with E-state index in [1.54, 1.807) is 16.9 Å². The highest BCUT2D eigenvalue weighted by Crippen LogP contribution is 2.28. The summed E-state index contributed by atoms with van der Waals surface area (Å²) in [6.07, 6.45) is 1.12. The minimum atomic E-state index is -0.356. The lowest BCUT2D eigenvalue weighted by molar-refractivity contribution is -0.153. The fraction of sp³-hybridized carbons (Fsp3) is 0.600. The van der Waals surface area contributed by atoms with E-state index in [-0.39, 0.29) is 11.8 Å². The Balaban J connectivity index is 1.59. The number of nitrogens with zero attached hydrogens (tertiary/aromatic N) is 3. The number of piperazine rings is 1. The number of para-hydroxylation sites is 2. The average molecular weight is 359 g/mol. The molecule has 3 rings (SSSR count). The van der Waals surface area contributed by atoms with Gasteiger partial charge >= 0.3 is 11.8 Å². The summed E-state index contributed by atoms with van der Waals surface area (Å²) in [5.74, 6) is 1.05. The molecule has 2 fully saturated rings. The maximum atomic E-state index is 12.7. The second kappa shape index (κ2) is 7.98. The largest absolute Gasteiger partial charge is 0.495 e. The van der Waals surface area contributed by atoms with Crippen molar-refractivity contribution in [2.45, 2.75) is 20.3 Å². The number of carbonyl (C=O) groups is 2. The number of ether oxygens (including phenoxy) is 1. The van der Waals surface area contributed by atoms with Crippen molar-refractivity contribution < 1.29 is 14.3 Å². The highest BCUT2D eigenvalue weighted by Gasteiger charge is 2.33. The van der Waals surface area contributed by atoms with E-state index in [9.17, 15) is 9.59 Å². The number of piperidine rings is 1. The minimum absolute atomic E-state index is 0.339. The quantitative estimate of drug-likeness (QED) is 0.756. The summed E-state index contributed by atoms with van der Waals surface area (Å²) in [5, 5.41) is 0. The third-order valence-corrected chi connectivity index (χ3v) is 5.33. The lowest BCUT2D eigenvalue weighted by Crippen LogP contribution is -2.55. The SMILES string of the molecule is COc1ccccc1N1CCN(C(=O)C(=O)N2CC(C)CC(C)C2)CC1. The monoisotopic (exact) mass is 359 g/mol. The molecule has 2 aliphatic heterocycles. The van der Waals surface area contributed by atoms with Crippen LogP contribution in [-0.4, -0.2) is 68.0 Å². The predicted molar refractivity (Wildman–Crippen MR) is 101 cm³/mol. The Labute approximate surface area is 155 Å². The zero-order valence-corrected chi connectivity index (χ0v) is 16.0. The van der Waals surface area contributed by atoms with Crippen molar-refractivity contribution in [1.29, 1.82) is 0 Å². The third-order valence-electron chi connectivity index (χ3n) is 5.33. The van der Waals surface area contributed by atoms with Crippen LogP contribution in [0.1, 0.15) is 20.3 Å². The molecule has 0 radical (unpaired) electrons.